The van der Waals surface area contributed by atoms with Gasteiger partial charge in [0.25, 0.3) is 0 Å². The number of benzene rings is 1. The average Bonchev–Trinajstić information content (AvgIpc) is 3.04. The molecule has 0 bridgehead atoms. The lowest BCUT2D eigenvalue weighted by Crippen LogP contribution is -2.46. The number of piperidine rings is 2. The number of imidazole rings is 1. The Balaban J connectivity index is 1.61. The molecule has 2 atom stereocenters. The van der Waals surface area contributed by atoms with E-state index in [2.05, 4.69) is 17.2 Å². The maximum absolute atomic E-state index is 13.1. The van der Waals surface area contributed by atoms with Crippen LogP contribution in [-0.4, -0.2) is 50.1 Å². The third kappa shape index (κ3) is 5.11. The quantitative estimate of drug-likeness (QED) is 0.526. The zero-order valence-corrected chi connectivity index (χ0v) is 20.7. The summed E-state index contributed by atoms with van der Waals surface area (Å²) in [5.74, 6) is 5.61. The second-order valence-electron chi connectivity index (χ2n) is 10.2. The molecule has 1 aromatic heterocycles. The van der Waals surface area contributed by atoms with Crippen LogP contribution < -0.4 is 11.0 Å². The molecule has 2 aromatic rings. The van der Waals surface area contributed by atoms with Crippen LogP contribution >= 0.6 is 0 Å². The van der Waals surface area contributed by atoms with Crippen molar-refractivity contribution < 1.29 is 19.1 Å². The molecule has 0 aliphatic carbocycles. The number of fused-ring (bicyclic) bond motifs is 1. The number of carbonyl (C=O) groups is 3. The van der Waals surface area contributed by atoms with Crippen LogP contribution in [0.4, 0.5) is 4.79 Å². The highest BCUT2D eigenvalue weighted by atomic mass is 16.6. The molecular formula is C26H32N4O5. The van der Waals surface area contributed by atoms with E-state index in [9.17, 15) is 19.2 Å². The Morgan fingerprint density at radius 3 is 2.66 bits per heavy atom. The van der Waals surface area contributed by atoms with Crippen LogP contribution in [-0.2, 0) is 21.4 Å². The number of para-hydroxylation sites is 1. The van der Waals surface area contributed by atoms with Gasteiger partial charge in [-0.05, 0) is 58.6 Å². The number of rotatable bonds is 2. The van der Waals surface area contributed by atoms with Gasteiger partial charge in [0, 0.05) is 32.5 Å². The third-order valence-corrected chi connectivity index (χ3v) is 6.44. The summed E-state index contributed by atoms with van der Waals surface area (Å²) < 4.78 is 8.53. The van der Waals surface area contributed by atoms with Gasteiger partial charge in [-0.1, -0.05) is 17.9 Å². The van der Waals surface area contributed by atoms with Gasteiger partial charge in [-0.25, -0.2) is 9.59 Å². The van der Waals surface area contributed by atoms with Crippen LogP contribution in [0.3, 0.4) is 0 Å². The first-order valence-corrected chi connectivity index (χ1v) is 12.1. The predicted octanol–water partition coefficient (Wildman–Crippen LogP) is 2.85. The molecule has 0 saturated carbocycles. The molecule has 35 heavy (non-hydrogen) atoms. The maximum Gasteiger partial charge on any atom is 0.410 e. The molecule has 0 spiro atoms. The van der Waals surface area contributed by atoms with Gasteiger partial charge >= 0.3 is 11.8 Å². The zero-order chi connectivity index (χ0) is 25.3. The molecule has 2 aliphatic heterocycles. The van der Waals surface area contributed by atoms with Crippen molar-refractivity contribution in [2.45, 2.75) is 77.0 Å². The largest absolute Gasteiger partial charge is 0.444 e. The monoisotopic (exact) mass is 480 g/mol. The molecule has 4 rings (SSSR count). The van der Waals surface area contributed by atoms with Gasteiger partial charge in [-0.15, -0.1) is 0 Å². The Labute approximate surface area is 204 Å². The molecular weight excluding hydrogens is 448 g/mol. The second-order valence-corrected chi connectivity index (χ2v) is 10.2. The molecule has 3 heterocycles. The fourth-order valence-electron chi connectivity index (χ4n) is 4.81. The normalized spacial score (nSPS) is 20.9. The van der Waals surface area contributed by atoms with Crippen molar-refractivity contribution in [1.29, 1.82) is 0 Å². The van der Waals surface area contributed by atoms with Gasteiger partial charge in [0.2, 0.25) is 11.8 Å². The van der Waals surface area contributed by atoms with Crippen LogP contribution in [0.1, 0.15) is 70.9 Å². The number of amides is 3. The zero-order valence-electron chi connectivity index (χ0n) is 20.7. The summed E-state index contributed by atoms with van der Waals surface area (Å²) in [6, 6.07) is 4.67. The summed E-state index contributed by atoms with van der Waals surface area (Å²) in [5.41, 5.74) is 1.04. The highest BCUT2D eigenvalue weighted by Crippen LogP contribution is 2.25. The second kappa shape index (κ2) is 9.61. The number of hydrogen-bond acceptors (Lipinski definition) is 5. The van der Waals surface area contributed by atoms with E-state index in [4.69, 9.17) is 4.74 Å². The van der Waals surface area contributed by atoms with Crippen molar-refractivity contribution in [3.05, 3.63) is 34.2 Å². The van der Waals surface area contributed by atoms with E-state index < -0.39 is 17.6 Å². The third-order valence-electron chi connectivity index (χ3n) is 6.44. The smallest absolute Gasteiger partial charge is 0.410 e. The Hall–Kier alpha value is -3.54. The first-order valence-electron chi connectivity index (χ1n) is 12.1. The van der Waals surface area contributed by atoms with Gasteiger partial charge < -0.3 is 9.64 Å². The highest BCUT2D eigenvalue weighted by Gasteiger charge is 2.32. The number of aromatic nitrogens is 2. The molecule has 2 aliphatic rings. The van der Waals surface area contributed by atoms with E-state index in [1.165, 1.54) is 9.13 Å². The van der Waals surface area contributed by atoms with Crippen molar-refractivity contribution in [3.8, 4) is 11.8 Å². The molecule has 3 amide bonds. The number of likely N-dealkylation sites (tertiary alicyclic amines) is 1. The Morgan fingerprint density at radius 2 is 1.94 bits per heavy atom. The fraction of sp³-hybridized carbons (Fsp3) is 0.538. The highest BCUT2D eigenvalue weighted by molar-refractivity contribution is 6.00. The minimum Gasteiger partial charge on any atom is -0.444 e. The molecule has 186 valence electrons. The minimum absolute atomic E-state index is 0.0257. The molecule has 2 saturated heterocycles. The molecule has 2 fully saturated rings. The minimum atomic E-state index is -0.739. The van der Waals surface area contributed by atoms with Gasteiger partial charge in [0.15, 0.2) is 0 Å². The number of nitrogens with one attached hydrogen (secondary N) is 1. The van der Waals surface area contributed by atoms with Crippen molar-refractivity contribution in [1.82, 2.24) is 19.4 Å². The summed E-state index contributed by atoms with van der Waals surface area (Å²) >= 11 is 0. The summed E-state index contributed by atoms with van der Waals surface area (Å²) in [5, 5.41) is 2.32. The van der Waals surface area contributed by atoms with E-state index in [0.29, 0.717) is 29.6 Å². The molecule has 9 heteroatoms. The van der Waals surface area contributed by atoms with Gasteiger partial charge in [0.1, 0.15) is 11.6 Å². The standard InChI is InChI=1S/C26H32N4O5/c1-26(2,3)35-25(34)29-16-6-5-11-18(29)12-7-9-17-10-8-13-19-22(17)28(4)24(33)30(19)20-14-15-21(31)27-23(20)32/h8,10,13,18,20H,5-6,11-12,14-16H2,1-4H3,(H,27,31,32). The molecule has 9 nitrogen and oxygen atoms in total. The number of nitrogens with zero attached hydrogens (tertiary/aromatic N) is 3. The molecule has 1 N–H and O–H groups in total. The van der Waals surface area contributed by atoms with E-state index in [0.717, 1.165) is 19.3 Å². The van der Waals surface area contributed by atoms with Crippen molar-refractivity contribution in [3.63, 3.8) is 0 Å². The van der Waals surface area contributed by atoms with Crippen LogP contribution in [0.5, 0.6) is 0 Å². The Kier molecular flexibility index (Phi) is 6.75. The number of imide groups is 1. The van der Waals surface area contributed by atoms with Crippen LogP contribution in [0.15, 0.2) is 23.0 Å². The van der Waals surface area contributed by atoms with Crippen LogP contribution in [0.25, 0.3) is 11.0 Å². The summed E-state index contributed by atoms with van der Waals surface area (Å²) in [6.45, 7) is 6.22. The first kappa shape index (κ1) is 24.6. The number of ether oxygens (including phenoxy) is 1. The van der Waals surface area contributed by atoms with Crippen molar-refractivity contribution in [2.75, 3.05) is 6.54 Å². The lowest BCUT2D eigenvalue weighted by atomic mass is 10.00. The Morgan fingerprint density at radius 1 is 1.17 bits per heavy atom. The fourth-order valence-corrected chi connectivity index (χ4v) is 4.81. The van der Waals surface area contributed by atoms with Gasteiger partial charge in [-0.3, -0.25) is 24.0 Å². The molecule has 2 unspecified atom stereocenters. The number of aryl methyl sites for hydroxylation is 1. The summed E-state index contributed by atoms with van der Waals surface area (Å²) in [7, 11) is 1.66. The van der Waals surface area contributed by atoms with E-state index in [1.807, 2.05) is 32.9 Å². The number of hydrogen-bond donors (Lipinski definition) is 1. The van der Waals surface area contributed by atoms with Crippen molar-refractivity contribution in [2.24, 2.45) is 7.05 Å². The lowest BCUT2D eigenvalue weighted by Gasteiger charge is -2.36. The SMILES string of the molecule is Cn1c(=O)n(C2CCC(=O)NC2=O)c2cccc(C#CCC3CCCCN3C(=O)OC(C)(C)C)c21. The van der Waals surface area contributed by atoms with Gasteiger partial charge in [-0.2, -0.15) is 0 Å². The summed E-state index contributed by atoms with van der Waals surface area (Å²) in [6.07, 6.45) is 3.49. The van der Waals surface area contributed by atoms with E-state index >= 15 is 0 Å². The van der Waals surface area contributed by atoms with Gasteiger partial charge in [0.05, 0.1) is 16.6 Å². The van der Waals surface area contributed by atoms with Crippen molar-refractivity contribution >= 4 is 28.9 Å². The number of carbonyl (C=O) groups excluding carboxylic acids is 3. The molecule has 1 aromatic carbocycles. The summed E-state index contributed by atoms with van der Waals surface area (Å²) in [4.78, 5) is 51.5. The predicted molar refractivity (Wildman–Crippen MR) is 131 cm³/mol. The first-order chi connectivity index (χ1) is 16.6. The molecule has 0 radical (unpaired) electrons. The van der Waals surface area contributed by atoms with E-state index in [1.54, 1.807) is 18.0 Å². The lowest BCUT2D eigenvalue weighted by molar-refractivity contribution is -0.135. The van der Waals surface area contributed by atoms with E-state index in [-0.39, 0.29) is 36.6 Å². The van der Waals surface area contributed by atoms with Crippen LogP contribution in [0.2, 0.25) is 0 Å². The topological polar surface area (TPSA) is 103 Å². The Bertz CT molecular complexity index is 1290. The average molecular weight is 481 g/mol. The maximum atomic E-state index is 13.1. The van der Waals surface area contributed by atoms with Crippen LogP contribution in [0, 0.1) is 11.8 Å².